The van der Waals surface area contributed by atoms with Gasteiger partial charge in [-0.05, 0) is 43.7 Å². The van der Waals surface area contributed by atoms with E-state index < -0.39 is 5.92 Å². The van der Waals surface area contributed by atoms with Gasteiger partial charge in [0, 0.05) is 28.6 Å². The molecule has 1 saturated heterocycles. The van der Waals surface area contributed by atoms with Crippen molar-refractivity contribution in [3.05, 3.63) is 45.3 Å². The average Bonchev–Trinajstić information content (AvgIpc) is 3.09. The van der Waals surface area contributed by atoms with Crippen LogP contribution in [-0.4, -0.2) is 18.4 Å². The zero-order valence-electron chi connectivity index (χ0n) is 13.8. The van der Waals surface area contributed by atoms with Crippen molar-refractivity contribution < 1.29 is 9.59 Å². The van der Waals surface area contributed by atoms with Gasteiger partial charge in [0.05, 0.1) is 11.5 Å². The molecule has 3 rings (SSSR count). The van der Waals surface area contributed by atoms with E-state index in [1.165, 1.54) is 11.3 Å². The first-order valence-corrected chi connectivity index (χ1v) is 8.97. The molecule has 0 radical (unpaired) electrons. The second-order valence-corrected chi connectivity index (χ2v) is 7.63. The molecular weight excluding hydrogens is 358 g/mol. The Morgan fingerprint density at radius 2 is 2.04 bits per heavy atom. The van der Waals surface area contributed by atoms with Crippen molar-refractivity contribution in [2.75, 3.05) is 16.8 Å². The van der Waals surface area contributed by atoms with Crippen LogP contribution in [0.3, 0.4) is 0 Å². The minimum atomic E-state index is -0.447. The van der Waals surface area contributed by atoms with Crippen molar-refractivity contribution >= 4 is 45.4 Å². The van der Waals surface area contributed by atoms with Crippen LogP contribution in [0.15, 0.2) is 24.3 Å². The number of amides is 2. The topological polar surface area (TPSA) is 73.2 Å². The SMILES string of the molecule is Cc1sc(NC(=O)C2CC(=O)N(c3ccc(Cl)cc3)C2)c(C#N)c1C. The molecule has 1 unspecified atom stereocenters. The summed E-state index contributed by atoms with van der Waals surface area (Å²) < 4.78 is 0. The van der Waals surface area contributed by atoms with E-state index in [0.717, 1.165) is 16.1 Å². The lowest BCUT2D eigenvalue weighted by Crippen LogP contribution is -2.28. The predicted molar refractivity (Wildman–Crippen MR) is 99.0 cm³/mol. The highest BCUT2D eigenvalue weighted by Gasteiger charge is 2.35. The number of hydrogen-bond donors (Lipinski definition) is 1. The molecule has 0 bridgehead atoms. The number of thiophene rings is 1. The number of carbonyl (C=O) groups is 2. The summed E-state index contributed by atoms with van der Waals surface area (Å²) in [4.78, 5) is 27.4. The zero-order valence-corrected chi connectivity index (χ0v) is 15.4. The summed E-state index contributed by atoms with van der Waals surface area (Å²) in [5.74, 6) is -0.776. The molecule has 1 aliphatic heterocycles. The molecule has 0 aliphatic carbocycles. The summed E-state index contributed by atoms with van der Waals surface area (Å²) in [6, 6.07) is 9.10. The Balaban J connectivity index is 1.74. The fourth-order valence-corrected chi connectivity index (χ4v) is 3.96. The minimum absolute atomic E-state index is 0.0958. The molecule has 25 heavy (non-hydrogen) atoms. The average molecular weight is 374 g/mol. The van der Waals surface area contributed by atoms with Crippen LogP contribution in [0.4, 0.5) is 10.7 Å². The number of aryl methyl sites for hydroxylation is 1. The highest BCUT2D eigenvalue weighted by molar-refractivity contribution is 7.16. The maximum absolute atomic E-state index is 12.6. The summed E-state index contributed by atoms with van der Waals surface area (Å²) in [6.07, 6.45) is 0.152. The van der Waals surface area contributed by atoms with Crippen LogP contribution in [0, 0.1) is 31.1 Å². The maximum atomic E-state index is 12.6. The third-order valence-corrected chi connectivity index (χ3v) is 5.74. The zero-order chi connectivity index (χ0) is 18.1. The number of nitrogens with one attached hydrogen (secondary N) is 1. The highest BCUT2D eigenvalue weighted by atomic mass is 35.5. The molecular formula is C18H16ClN3O2S. The van der Waals surface area contributed by atoms with Crippen molar-refractivity contribution in [3.8, 4) is 6.07 Å². The van der Waals surface area contributed by atoms with Crippen molar-refractivity contribution in [2.45, 2.75) is 20.3 Å². The first-order chi connectivity index (χ1) is 11.9. The number of hydrogen-bond acceptors (Lipinski definition) is 4. The molecule has 2 aromatic rings. The number of nitrogens with zero attached hydrogens (tertiary/aromatic N) is 2. The van der Waals surface area contributed by atoms with Crippen LogP contribution in [0.2, 0.25) is 5.02 Å². The molecule has 0 spiro atoms. The number of carbonyl (C=O) groups excluding carboxylic acids is 2. The number of nitriles is 1. The summed E-state index contributed by atoms with van der Waals surface area (Å²) in [7, 11) is 0. The molecule has 0 saturated carbocycles. The van der Waals surface area contributed by atoms with Gasteiger partial charge in [-0.25, -0.2) is 0 Å². The molecule has 1 N–H and O–H groups in total. The Hall–Kier alpha value is -2.36. The molecule has 7 heteroatoms. The molecule has 1 aromatic heterocycles. The van der Waals surface area contributed by atoms with Crippen molar-refractivity contribution in [1.29, 1.82) is 5.26 Å². The van der Waals surface area contributed by atoms with Gasteiger partial charge in [0.15, 0.2) is 0 Å². The van der Waals surface area contributed by atoms with Crippen LogP contribution in [0.1, 0.15) is 22.4 Å². The van der Waals surface area contributed by atoms with Gasteiger partial charge in [-0.1, -0.05) is 11.6 Å². The maximum Gasteiger partial charge on any atom is 0.230 e. The van der Waals surface area contributed by atoms with E-state index >= 15 is 0 Å². The first kappa shape index (κ1) is 17.5. The van der Waals surface area contributed by atoms with Gasteiger partial charge in [-0.15, -0.1) is 11.3 Å². The summed E-state index contributed by atoms with van der Waals surface area (Å²) in [5, 5.41) is 13.3. The molecule has 5 nitrogen and oxygen atoms in total. The normalized spacial score (nSPS) is 16.8. The van der Waals surface area contributed by atoms with Gasteiger partial charge in [-0.2, -0.15) is 5.26 Å². The molecule has 1 atom stereocenters. The van der Waals surface area contributed by atoms with Crippen LogP contribution in [-0.2, 0) is 9.59 Å². The van der Waals surface area contributed by atoms with Gasteiger partial charge < -0.3 is 10.2 Å². The smallest absolute Gasteiger partial charge is 0.230 e. The Morgan fingerprint density at radius 1 is 1.36 bits per heavy atom. The summed E-state index contributed by atoms with van der Waals surface area (Å²) >= 11 is 7.26. The van der Waals surface area contributed by atoms with E-state index in [2.05, 4.69) is 11.4 Å². The Morgan fingerprint density at radius 3 is 2.68 bits per heavy atom. The van der Waals surface area contributed by atoms with E-state index in [0.29, 0.717) is 22.1 Å². The molecule has 1 aliphatic rings. The highest BCUT2D eigenvalue weighted by Crippen LogP contribution is 2.33. The third-order valence-electron chi connectivity index (χ3n) is 4.37. The van der Waals surface area contributed by atoms with Crippen molar-refractivity contribution in [2.24, 2.45) is 5.92 Å². The van der Waals surface area contributed by atoms with Gasteiger partial charge in [0.25, 0.3) is 0 Å². The standard InChI is InChI=1S/C18H16ClN3O2S/c1-10-11(2)25-18(15(10)8-20)21-17(24)12-7-16(23)22(9-12)14-5-3-13(19)4-6-14/h3-6,12H,7,9H2,1-2H3,(H,21,24). The van der Waals surface area contributed by atoms with Gasteiger partial charge in [-0.3, -0.25) is 9.59 Å². The molecule has 1 aromatic carbocycles. The molecule has 1 fully saturated rings. The quantitative estimate of drug-likeness (QED) is 0.887. The first-order valence-electron chi connectivity index (χ1n) is 7.77. The van der Waals surface area contributed by atoms with Gasteiger partial charge in [0.2, 0.25) is 11.8 Å². The van der Waals surface area contributed by atoms with E-state index in [1.54, 1.807) is 29.2 Å². The molecule has 2 amide bonds. The Labute approximate surface area is 154 Å². The Bertz CT molecular complexity index is 883. The number of benzene rings is 1. The van der Waals surface area contributed by atoms with Gasteiger partial charge in [0.1, 0.15) is 11.1 Å². The van der Waals surface area contributed by atoms with Gasteiger partial charge >= 0.3 is 0 Å². The van der Waals surface area contributed by atoms with E-state index in [4.69, 9.17) is 11.6 Å². The second-order valence-electron chi connectivity index (χ2n) is 5.97. The molecule has 128 valence electrons. The lowest BCUT2D eigenvalue weighted by atomic mass is 10.1. The third kappa shape index (κ3) is 3.39. The number of rotatable bonds is 3. The number of anilines is 2. The predicted octanol–water partition coefficient (Wildman–Crippen LogP) is 3.88. The van der Waals surface area contributed by atoms with Crippen molar-refractivity contribution in [1.82, 2.24) is 0 Å². The van der Waals surface area contributed by atoms with Crippen LogP contribution < -0.4 is 10.2 Å². The largest absolute Gasteiger partial charge is 0.316 e. The lowest BCUT2D eigenvalue weighted by molar-refractivity contribution is -0.122. The van der Waals surface area contributed by atoms with E-state index in [1.807, 2.05) is 13.8 Å². The number of halogens is 1. The van der Waals surface area contributed by atoms with Crippen LogP contribution in [0.25, 0.3) is 0 Å². The Kier molecular flexibility index (Phi) is 4.80. The fourth-order valence-electron chi connectivity index (χ4n) is 2.82. The monoisotopic (exact) mass is 373 g/mol. The summed E-state index contributed by atoms with van der Waals surface area (Å²) in [5.41, 5.74) is 2.10. The van der Waals surface area contributed by atoms with E-state index in [-0.39, 0.29) is 18.2 Å². The van der Waals surface area contributed by atoms with Crippen LogP contribution in [0.5, 0.6) is 0 Å². The fraction of sp³-hybridized carbons (Fsp3) is 0.278. The van der Waals surface area contributed by atoms with E-state index in [9.17, 15) is 14.9 Å². The minimum Gasteiger partial charge on any atom is -0.316 e. The lowest BCUT2D eigenvalue weighted by Gasteiger charge is -2.16. The van der Waals surface area contributed by atoms with Crippen LogP contribution >= 0.6 is 22.9 Å². The second kappa shape index (κ2) is 6.87. The van der Waals surface area contributed by atoms with Crippen molar-refractivity contribution in [3.63, 3.8) is 0 Å². The molecule has 2 heterocycles. The summed E-state index contributed by atoms with van der Waals surface area (Å²) in [6.45, 7) is 4.09.